The van der Waals surface area contributed by atoms with Crippen molar-refractivity contribution in [3.05, 3.63) is 0 Å². The van der Waals surface area contributed by atoms with Crippen LogP contribution in [-0.2, 0) is 4.74 Å². The summed E-state index contributed by atoms with van der Waals surface area (Å²) in [5.41, 5.74) is 0. The third-order valence-corrected chi connectivity index (χ3v) is 0.741. The molecule has 0 aliphatic heterocycles. The summed E-state index contributed by atoms with van der Waals surface area (Å²) < 4.78 is 4.89. The zero-order valence-electron chi connectivity index (χ0n) is 6.93. The Balaban J connectivity index is 3.82. The maximum Gasteiger partial charge on any atom is 0.188 e. The van der Waals surface area contributed by atoms with Gasteiger partial charge in [0.05, 0.1) is 0 Å². The van der Waals surface area contributed by atoms with E-state index in [1.54, 1.807) is 13.8 Å². The number of aliphatic imine (C=N–C) groups is 1. The Morgan fingerprint density at radius 1 is 1.40 bits per heavy atom. The predicted molar refractivity (Wildman–Crippen MR) is 42.7 cm³/mol. The summed E-state index contributed by atoms with van der Waals surface area (Å²) in [5, 5.41) is 6.97. The first-order valence-electron chi connectivity index (χ1n) is 3.29. The first-order chi connectivity index (χ1) is 4.52. The normalized spacial score (nSPS) is 11.9. The number of ether oxygens (including phenoxy) is 1. The van der Waals surface area contributed by atoms with E-state index in [9.17, 15) is 0 Å². The molecule has 1 N–H and O–H groups in total. The average molecular weight is 142 g/mol. The third-order valence-electron chi connectivity index (χ3n) is 0.741. The highest BCUT2D eigenvalue weighted by molar-refractivity contribution is 5.87. The van der Waals surface area contributed by atoms with Gasteiger partial charge in [-0.15, -0.1) is 0 Å². The molecule has 0 aromatic rings. The summed E-state index contributed by atoms with van der Waals surface area (Å²) >= 11 is 0. The molecule has 0 aromatic carbocycles. The molecule has 0 spiro atoms. The summed E-state index contributed by atoms with van der Waals surface area (Å²) in [7, 11) is 0. The molecule has 0 aromatic heterocycles. The molecule has 0 amide bonds. The standard InChI is InChI=1S/C7H14N2O/c1-5(2)9-7(4)10-6(3)8/h5,8H,1-4H3/b8-6?,9-7-. The van der Waals surface area contributed by atoms with Crippen LogP contribution in [0.1, 0.15) is 27.7 Å². The minimum absolute atomic E-state index is 0.182. The van der Waals surface area contributed by atoms with Crippen molar-refractivity contribution in [2.75, 3.05) is 0 Å². The van der Waals surface area contributed by atoms with Crippen LogP contribution in [0.5, 0.6) is 0 Å². The van der Waals surface area contributed by atoms with E-state index in [-0.39, 0.29) is 11.9 Å². The maximum absolute atomic E-state index is 6.97. The second-order valence-electron chi connectivity index (χ2n) is 2.40. The van der Waals surface area contributed by atoms with Gasteiger partial charge < -0.3 is 4.74 Å². The largest absolute Gasteiger partial charge is 0.430 e. The SMILES string of the molecule is CC(=N)O/C(C)=N\C(C)C. The van der Waals surface area contributed by atoms with Crippen LogP contribution >= 0.6 is 0 Å². The van der Waals surface area contributed by atoms with Gasteiger partial charge >= 0.3 is 0 Å². The minimum Gasteiger partial charge on any atom is -0.430 e. The fourth-order valence-electron chi connectivity index (χ4n) is 0.612. The van der Waals surface area contributed by atoms with Crippen molar-refractivity contribution in [3.63, 3.8) is 0 Å². The van der Waals surface area contributed by atoms with Gasteiger partial charge in [0.2, 0.25) is 0 Å². The van der Waals surface area contributed by atoms with Crippen LogP contribution in [0.25, 0.3) is 0 Å². The zero-order chi connectivity index (χ0) is 8.15. The zero-order valence-corrected chi connectivity index (χ0v) is 6.93. The van der Waals surface area contributed by atoms with Gasteiger partial charge in [-0.25, -0.2) is 0 Å². The molecule has 0 unspecified atom stereocenters. The van der Waals surface area contributed by atoms with Crippen LogP contribution in [0, 0.1) is 5.41 Å². The molecule has 0 saturated heterocycles. The Labute approximate surface area is 61.6 Å². The number of rotatable bonds is 1. The molecule has 0 atom stereocenters. The molecule has 0 radical (unpaired) electrons. The van der Waals surface area contributed by atoms with Gasteiger partial charge in [-0.3, -0.25) is 10.4 Å². The molecule has 3 nitrogen and oxygen atoms in total. The molecule has 10 heavy (non-hydrogen) atoms. The van der Waals surface area contributed by atoms with E-state index in [1.165, 1.54) is 0 Å². The summed E-state index contributed by atoms with van der Waals surface area (Å²) in [6.07, 6.45) is 0. The Morgan fingerprint density at radius 2 is 1.90 bits per heavy atom. The van der Waals surface area contributed by atoms with Crippen LogP contribution in [0.15, 0.2) is 4.99 Å². The smallest absolute Gasteiger partial charge is 0.188 e. The molecule has 0 bridgehead atoms. The first kappa shape index (κ1) is 9.14. The van der Waals surface area contributed by atoms with Crippen molar-refractivity contribution >= 4 is 11.8 Å². The summed E-state index contributed by atoms with van der Waals surface area (Å²) in [5.74, 6) is 0.740. The van der Waals surface area contributed by atoms with E-state index in [4.69, 9.17) is 10.1 Å². The first-order valence-corrected chi connectivity index (χ1v) is 3.29. The van der Waals surface area contributed by atoms with E-state index in [2.05, 4.69) is 4.99 Å². The molecule has 0 saturated carbocycles. The van der Waals surface area contributed by atoms with Gasteiger partial charge in [-0.2, -0.15) is 0 Å². The lowest BCUT2D eigenvalue weighted by molar-refractivity contribution is 0.522. The van der Waals surface area contributed by atoms with Crippen LogP contribution in [0.4, 0.5) is 0 Å². The minimum atomic E-state index is 0.182. The molecule has 0 aliphatic rings. The van der Waals surface area contributed by atoms with E-state index in [0.717, 1.165) is 0 Å². The van der Waals surface area contributed by atoms with Gasteiger partial charge in [0.15, 0.2) is 11.8 Å². The van der Waals surface area contributed by atoms with Crippen LogP contribution in [0.3, 0.4) is 0 Å². The van der Waals surface area contributed by atoms with Gasteiger partial charge in [-0.1, -0.05) is 0 Å². The van der Waals surface area contributed by atoms with E-state index in [0.29, 0.717) is 5.90 Å². The van der Waals surface area contributed by atoms with Crippen LogP contribution in [0.2, 0.25) is 0 Å². The van der Waals surface area contributed by atoms with Crippen molar-refractivity contribution < 1.29 is 4.74 Å². The molecule has 0 fully saturated rings. The van der Waals surface area contributed by atoms with Gasteiger partial charge in [0, 0.05) is 19.9 Å². The number of nitrogens with zero attached hydrogens (tertiary/aromatic N) is 1. The Bertz CT molecular complexity index is 150. The highest BCUT2D eigenvalue weighted by Gasteiger charge is 1.94. The Hall–Kier alpha value is -0.860. The van der Waals surface area contributed by atoms with Crippen LogP contribution in [-0.4, -0.2) is 17.8 Å². The predicted octanol–water partition coefficient (Wildman–Crippen LogP) is 1.83. The third kappa shape index (κ3) is 5.28. The fraction of sp³-hybridized carbons (Fsp3) is 0.714. The Kier molecular flexibility index (Phi) is 3.69. The molecule has 0 heterocycles. The average Bonchev–Trinajstić information content (AvgIpc) is 1.58. The lowest BCUT2D eigenvalue weighted by atomic mass is 10.4. The van der Waals surface area contributed by atoms with E-state index in [1.807, 2.05) is 13.8 Å². The number of nitrogens with one attached hydrogen (secondary N) is 1. The fourth-order valence-corrected chi connectivity index (χ4v) is 0.612. The summed E-state index contributed by atoms with van der Waals surface area (Å²) in [4.78, 5) is 4.07. The lowest BCUT2D eigenvalue weighted by Gasteiger charge is -2.02. The molecular weight excluding hydrogens is 128 g/mol. The van der Waals surface area contributed by atoms with Crippen molar-refractivity contribution in [3.8, 4) is 0 Å². The molecule has 58 valence electrons. The van der Waals surface area contributed by atoms with Gasteiger partial charge in [-0.05, 0) is 13.8 Å². The van der Waals surface area contributed by atoms with Crippen molar-refractivity contribution in [2.45, 2.75) is 33.7 Å². The second kappa shape index (κ2) is 4.04. The lowest BCUT2D eigenvalue weighted by Crippen LogP contribution is -2.06. The van der Waals surface area contributed by atoms with Gasteiger partial charge in [0.25, 0.3) is 0 Å². The summed E-state index contributed by atoms with van der Waals surface area (Å²) in [6, 6.07) is 0.236. The van der Waals surface area contributed by atoms with E-state index >= 15 is 0 Å². The highest BCUT2D eigenvalue weighted by atomic mass is 16.5. The topological polar surface area (TPSA) is 45.4 Å². The van der Waals surface area contributed by atoms with Gasteiger partial charge in [0.1, 0.15) is 0 Å². The van der Waals surface area contributed by atoms with Crippen molar-refractivity contribution in [2.24, 2.45) is 4.99 Å². The van der Waals surface area contributed by atoms with Crippen LogP contribution < -0.4 is 0 Å². The van der Waals surface area contributed by atoms with Crippen molar-refractivity contribution in [1.29, 1.82) is 5.41 Å². The second-order valence-corrected chi connectivity index (χ2v) is 2.40. The number of hydrogen-bond acceptors (Lipinski definition) is 3. The summed E-state index contributed by atoms with van der Waals surface area (Å²) in [6.45, 7) is 7.26. The monoisotopic (exact) mass is 142 g/mol. The highest BCUT2D eigenvalue weighted by Crippen LogP contribution is 1.90. The quantitative estimate of drug-likeness (QED) is 0.440. The van der Waals surface area contributed by atoms with Crippen molar-refractivity contribution in [1.82, 2.24) is 0 Å². The number of hydrogen-bond donors (Lipinski definition) is 1. The molecule has 0 aliphatic carbocycles. The molecule has 3 heteroatoms. The Morgan fingerprint density at radius 3 is 2.20 bits per heavy atom. The maximum atomic E-state index is 6.97. The van der Waals surface area contributed by atoms with E-state index < -0.39 is 0 Å². The molecule has 0 rings (SSSR count). The molecular formula is C7H14N2O.